The van der Waals surface area contributed by atoms with E-state index in [0.29, 0.717) is 24.3 Å². The molecule has 1 aliphatic carbocycles. The molecule has 2 aliphatic rings. The molecule has 1 heterocycles. The van der Waals surface area contributed by atoms with Crippen molar-refractivity contribution in [1.29, 1.82) is 0 Å². The highest BCUT2D eigenvalue weighted by molar-refractivity contribution is 6.07. The Morgan fingerprint density at radius 1 is 1.18 bits per heavy atom. The fourth-order valence-corrected chi connectivity index (χ4v) is 3.85. The summed E-state index contributed by atoms with van der Waals surface area (Å²) in [6, 6.07) is 6.88. The first-order valence-electron chi connectivity index (χ1n) is 9.44. The van der Waals surface area contributed by atoms with Crippen LogP contribution in [0, 0.1) is 11.8 Å². The number of nitrogens with one attached hydrogen (secondary N) is 1. The van der Waals surface area contributed by atoms with Crippen molar-refractivity contribution >= 4 is 29.3 Å². The Labute approximate surface area is 163 Å². The number of amides is 4. The molecule has 0 spiro atoms. The molecule has 0 aromatic heterocycles. The van der Waals surface area contributed by atoms with Crippen LogP contribution in [-0.4, -0.2) is 60.7 Å². The average Bonchev–Trinajstić information content (AvgIpc) is 2.93. The Morgan fingerprint density at radius 3 is 2.43 bits per heavy atom. The molecule has 8 heteroatoms. The van der Waals surface area contributed by atoms with Crippen LogP contribution in [0.1, 0.15) is 25.7 Å². The molecular weight excluding hydrogens is 362 g/mol. The molecule has 2 atom stereocenters. The van der Waals surface area contributed by atoms with Crippen molar-refractivity contribution in [3.05, 3.63) is 24.3 Å². The van der Waals surface area contributed by atoms with Gasteiger partial charge in [-0.15, -0.1) is 0 Å². The molecule has 0 unspecified atom stereocenters. The van der Waals surface area contributed by atoms with Gasteiger partial charge in [-0.1, -0.05) is 18.9 Å². The van der Waals surface area contributed by atoms with Crippen molar-refractivity contribution in [2.45, 2.75) is 25.7 Å². The van der Waals surface area contributed by atoms with Gasteiger partial charge in [0, 0.05) is 18.8 Å². The number of anilines is 1. The molecule has 150 valence electrons. The largest absolute Gasteiger partial charge is 0.497 e. The summed E-state index contributed by atoms with van der Waals surface area (Å²) in [6.45, 7) is -0.493. The zero-order chi connectivity index (χ0) is 20.3. The van der Waals surface area contributed by atoms with Crippen LogP contribution >= 0.6 is 0 Å². The van der Waals surface area contributed by atoms with Crippen molar-refractivity contribution in [3.8, 4) is 5.75 Å². The van der Waals surface area contributed by atoms with Gasteiger partial charge < -0.3 is 15.0 Å². The lowest BCUT2D eigenvalue weighted by Crippen LogP contribution is -2.44. The summed E-state index contributed by atoms with van der Waals surface area (Å²) in [5.74, 6) is -1.28. The van der Waals surface area contributed by atoms with Crippen LogP contribution in [0.2, 0.25) is 0 Å². The molecular formula is C20H25N3O5. The van der Waals surface area contributed by atoms with Gasteiger partial charge in [0.1, 0.15) is 12.3 Å². The minimum atomic E-state index is -0.443. The van der Waals surface area contributed by atoms with E-state index >= 15 is 0 Å². The number of hydrogen-bond acceptors (Lipinski definition) is 5. The highest BCUT2D eigenvalue weighted by Gasteiger charge is 2.48. The van der Waals surface area contributed by atoms with Gasteiger partial charge in [0.25, 0.3) is 0 Å². The first-order chi connectivity index (χ1) is 13.4. The summed E-state index contributed by atoms with van der Waals surface area (Å²) < 4.78 is 5.11. The van der Waals surface area contributed by atoms with Gasteiger partial charge in [0.15, 0.2) is 0 Å². The van der Waals surface area contributed by atoms with Crippen LogP contribution in [0.25, 0.3) is 0 Å². The number of likely N-dealkylation sites (N-methyl/N-ethyl adjacent to an activating group) is 1. The van der Waals surface area contributed by atoms with E-state index in [1.54, 1.807) is 24.3 Å². The second kappa shape index (κ2) is 8.41. The van der Waals surface area contributed by atoms with E-state index in [0.717, 1.165) is 17.7 Å². The van der Waals surface area contributed by atoms with Crippen LogP contribution < -0.4 is 10.1 Å². The van der Waals surface area contributed by atoms with Crippen molar-refractivity contribution < 1.29 is 23.9 Å². The van der Waals surface area contributed by atoms with Crippen LogP contribution in [0.15, 0.2) is 24.3 Å². The molecule has 2 fully saturated rings. The molecule has 4 amide bonds. The first-order valence-corrected chi connectivity index (χ1v) is 9.44. The lowest BCUT2D eigenvalue weighted by atomic mass is 9.81. The highest BCUT2D eigenvalue weighted by Crippen LogP contribution is 2.37. The van der Waals surface area contributed by atoms with Crippen LogP contribution in [0.3, 0.4) is 0 Å². The molecule has 0 radical (unpaired) electrons. The first kappa shape index (κ1) is 19.9. The maximum Gasteiger partial charge on any atom is 0.243 e. The minimum Gasteiger partial charge on any atom is -0.497 e. The number of carbonyl (C=O) groups is 4. The summed E-state index contributed by atoms with van der Waals surface area (Å²) in [4.78, 5) is 51.9. The normalized spacial score (nSPS) is 21.3. The molecule has 8 nitrogen and oxygen atoms in total. The van der Waals surface area contributed by atoms with Gasteiger partial charge in [-0.3, -0.25) is 24.1 Å². The van der Waals surface area contributed by atoms with Gasteiger partial charge in [0.05, 0.1) is 25.5 Å². The second-order valence-corrected chi connectivity index (χ2v) is 7.29. The van der Waals surface area contributed by atoms with Crippen molar-refractivity contribution in [1.82, 2.24) is 9.80 Å². The molecule has 1 saturated heterocycles. The Balaban J connectivity index is 1.54. The van der Waals surface area contributed by atoms with Gasteiger partial charge in [-0.25, -0.2) is 0 Å². The van der Waals surface area contributed by atoms with Crippen molar-refractivity contribution in [2.24, 2.45) is 11.8 Å². The van der Waals surface area contributed by atoms with E-state index in [1.165, 1.54) is 19.1 Å². The zero-order valence-electron chi connectivity index (χ0n) is 16.1. The Bertz CT molecular complexity index is 770. The van der Waals surface area contributed by atoms with Crippen LogP contribution in [0.4, 0.5) is 5.69 Å². The highest BCUT2D eigenvalue weighted by atomic mass is 16.5. The van der Waals surface area contributed by atoms with E-state index in [-0.39, 0.29) is 42.6 Å². The predicted octanol–water partition coefficient (Wildman–Crippen LogP) is 1.27. The monoisotopic (exact) mass is 387 g/mol. The number of likely N-dealkylation sites (tertiary alicyclic amines) is 1. The quantitative estimate of drug-likeness (QED) is 0.742. The lowest BCUT2D eigenvalue weighted by molar-refractivity contribution is -0.146. The molecule has 28 heavy (non-hydrogen) atoms. The number of ether oxygens (including phenoxy) is 1. The fraction of sp³-hybridized carbons (Fsp3) is 0.500. The van der Waals surface area contributed by atoms with E-state index in [9.17, 15) is 19.2 Å². The third-order valence-corrected chi connectivity index (χ3v) is 5.39. The SMILES string of the molecule is COc1cccc(NC(=O)CN(C)C(=O)CN2C(=O)[C@H]3CCCC[C@H]3C2=O)c1. The minimum absolute atomic E-state index is 0.181. The summed E-state index contributed by atoms with van der Waals surface area (Å²) in [7, 11) is 3.01. The summed E-state index contributed by atoms with van der Waals surface area (Å²) in [5.41, 5.74) is 0.555. The summed E-state index contributed by atoms with van der Waals surface area (Å²) >= 11 is 0. The van der Waals surface area contributed by atoms with E-state index < -0.39 is 5.91 Å². The summed E-state index contributed by atoms with van der Waals surface area (Å²) in [6.07, 6.45) is 3.29. The van der Waals surface area contributed by atoms with Gasteiger partial charge in [-0.05, 0) is 25.0 Å². The average molecular weight is 387 g/mol. The number of benzene rings is 1. The van der Waals surface area contributed by atoms with Gasteiger partial charge >= 0.3 is 0 Å². The van der Waals surface area contributed by atoms with Crippen molar-refractivity contribution in [2.75, 3.05) is 32.6 Å². The van der Waals surface area contributed by atoms with Crippen LogP contribution in [0.5, 0.6) is 5.75 Å². The smallest absolute Gasteiger partial charge is 0.243 e. The molecule has 3 rings (SSSR count). The van der Waals surface area contributed by atoms with E-state index in [4.69, 9.17) is 4.74 Å². The molecule has 1 aromatic carbocycles. The van der Waals surface area contributed by atoms with Crippen LogP contribution in [-0.2, 0) is 19.2 Å². The number of imide groups is 1. The fourth-order valence-electron chi connectivity index (χ4n) is 3.85. The van der Waals surface area contributed by atoms with E-state index in [2.05, 4.69) is 5.32 Å². The Hall–Kier alpha value is -2.90. The third kappa shape index (κ3) is 4.16. The number of nitrogens with zero attached hydrogens (tertiary/aromatic N) is 2. The number of fused-ring (bicyclic) bond motifs is 1. The third-order valence-electron chi connectivity index (χ3n) is 5.39. The molecule has 1 aromatic rings. The Kier molecular flexibility index (Phi) is 5.96. The van der Waals surface area contributed by atoms with Gasteiger partial charge in [-0.2, -0.15) is 0 Å². The topological polar surface area (TPSA) is 96.0 Å². The molecule has 1 saturated carbocycles. The maximum absolute atomic E-state index is 12.5. The van der Waals surface area contributed by atoms with Gasteiger partial charge in [0.2, 0.25) is 23.6 Å². The number of hydrogen-bond donors (Lipinski definition) is 1. The molecule has 1 aliphatic heterocycles. The maximum atomic E-state index is 12.5. The predicted molar refractivity (Wildman–Crippen MR) is 101 cm³/mol. The number of methoxy groups -OCH3 is 1. The number of carbonyl (C=O) groups excluding carboxylic acids is 4. The number of rotatable bonds is 6. The summed E-state index contributed by atoms with van der Waals surface area (Å²) in [5, 5.41) is 2.69. The zero-order valence-corrected chi connectivity index (χ0v) is 16.1. The molecule has 0 bridgehead atoms. The Morgan fingerprint density at radius 2 is 1.82 bits per heavy atom. The van der Waals surface area contributed by atoms with E-state index in [1.807, 2.05) is 0 Å². The standard InChI is InChI=1S/C20H25N3O5/c1-22(11-17(24)21-13-6-5-7-14(10-13)28-2)18(25)12-23-19(26)15-8-3-4-9-16(15)20(23)27/h5-7,10,15-16H,3-4,8-9,11-12H2,1-2H3,(H,21,24)/t15-,16+. The van der Waals surface area contributed by atoms with Crippen molar-refractivity contribution in [3.63, 3.8) is 0 Å². The second-order valence-electron chi connectivity index (χ2n) is 7.29. The lowest BCUT2D eigenvalue weighted by Gasteiger charge is -2.20. The molecule has 1 N–H and O–H groups in total.